The number of hydrogen-bond acceptors (Lipinski definition) is 6. The third kappa shape index (κ3) is 3.97. The number of nitrogens with zero attached hydrogens (tertiary/aromatic N) is 2. The fraction of sp³-hybridized carbons (Fsp3) is 0.536. The summed E-state index contributed by atoms with van der Waals surface area (Å²) in [6, 6.07) is 9.45. The Labute approximate surface area is 202 Å². The molecule has 6 nitrogen and oxygen atoms in total. The van der Waals surface area contributed by atoms with Crippen molar-refractivity contribution in [1.82, 2.24) is 9.80 Å². The van der Waals surface area contributed by atoms with Crippen LogP contribution in [0.25, 0.3) is 0 Å². The van der Waals surface area contributed by atoms with Gasteiger partial charge in [0.1, 0.15) is 28.4 Å². The van der Waals surface area contributed by atoms with Gasteiger partial charge >= 0.3 is 0 Å². The van der Waals surface area contributed by atoms with E-state index in [1.54, 1.807) is 14.2 Å². The van der Waals surface area contributed by atoms with Gasteiger partial charge in [0.25, 0.3) is 0 Å². The van der Waals surface area contributed by atoms with E-state index in [0.29, 0.717) is 35.1 Å². The molecule has 2 aromatic rings. The molecule has 0 aromatic heterocycles. The number of benzene rings is 2. The summed E-state index contributed by atoms with van der Waals surface area (Å²) >= 11 is 0. The summed E-state index contributed by atoms with van der Waals surface area (Å²) in [5.41, 5.74) is 2.91. The number of rotatable bonds is 6. The van der Waals surface area contributed by atoms with Gasteiger partial charge in [0.05, 0.1) is 19.8 Å². The molecule has 3 aliphatic rings. The highest BCUT2D eigenvalue weighted by Crippen LogP contribution is 2.54. The van der Waals surface area contributed by atoms with Crippen molar-refractivity contribution in [3.8, 4) is 17.2 Å². The number of ether oxygens (including phenoxy) is 3. The van der Waals surface area contributed by atoms with E-state index in [1.165, 1.54) is 0 Å². The van der Waals surface area contributed by atoms with E-state index in [1.807, 2.05) is 30.3 Å². The zero-order valence-corrected chi connectivity index (χ0v) is 20.9. The van der Waals surface area contributed by atoms with Gasteiger partial charge in [-0.25, -0.2) is 0 Å². The summed E-state index contributed by atoms with van der Waals surface area (Å²) in [6.45, 7) is 6.87. The maximum Gasteiger partial charge on any atom is 0.200 e. The molecule has 182 valence electrons. The lowest BCUT2D eigenvalue weighted by Crippen LogP contribution is -2.44. The molecule has 1 aliphatic carbocycles. The molecule has 1 saturated heterocycles. The molecule has 5 rings (SSSR count). The predicted octanol–water partition coefficient (Wildman–Crippen LogP) is 4.18. The second kappa shape index (κ2) is 9.23. The van der Waals surface area contributed by atoms with Crippen LogP contribution in [0, 0.1) is 5.92 Å². The van der Waals surface area contributed by atoms with E-state index in [9.17, 15) is 4.79 Å². The van der Waals surface area contributed by atoms with Crippen LogP contribution in [0.2, 0.25) is 0 Å². The van der Waals surface area contributed by atoms with E-state index in [4.69, 9.17) is 14.2 Å². The summed E-state index contributed by atoms with van der Waals surface area (Å²) in [6.07, 6.45) is 4.15. The average molecular weight is 465 g/mol. The average Bonchev–Trinajstić information content (AvgIpc) is 3.23. The van der Waals surface area contributed by atoms with Gasteiger partial charge in [-0.05, 0) is 39.7 Å². The Hall–Kier alpha value is -2.57. The molecular weight excluding hydrogens is 428 g/mol. The Morgan fingerprint density at radius 3 is 2.47 bits per heavy atom. The van der Waals surface area contributed by atoms with Crippen LogP contribution in [0.5, 0.6) is 17.2 Å². The van der Waals surface area contributed by atoms with Crippen LogP contribution in [0.15, 0.2) is 30.3 Å². The number of piperazine rings is 1. The number of fused-ring (bicyclic) bond motifs is 2. The van der Waals surface area contributed by atoms with Crippen LogP contribution < -0.4 is 14.2 Å². The molecule has 2 unspecified atom stereocenters. The van der Waals surface area contributed by atoms with Crippen molar-refractivity contribution < 1.29 is 19.0 Å². The van der Waals surface area contributed by atoms with Crippen LogP contribution in [0.1, 0.15) is 53.2 Å². The molecule has 2 aliphatic heterocycles. The Balaban J connectivity index is 1.68. The maximum absolute atomic E-state index is 14.0. The second-order valence-electron chi connectivity index (χ2n) is 10.2. The van der Waals surface area contributed by atoms with Crippen molar-refractivity contribution in [3.63, 3.8) is 0 Å². The predicted molar refractivity (Wildman–Crippen MR) is 132 cm³/mol. The van der Waals surface area contributed by atoms with E-state index in [0.717, 1.165) is 68.7 Å². The fourth-order valence-electron chi connectivity index (χ4n) is 6.02. The second-order valence-corrected chi connectivity index (χ2v) is 10.2. The SMILES string of the molecule is COc1c(CN2CCN(C)CC2)c(OC)c(C(=O)c2ccccc2)c2c1CC1CCCC1(C)O2. The molecule has 2 atom stereocenters. The third-order valence-electron chi connectivity index (χ3n) is 8.07. The Kier molecular flexibility index (Phi) is 6.30. The van der Waals surface area contributed by atoms with Crippen molar-refractivity contribution in [2.75, 3.05) is 47.4 Å². The lowest BCUT2D eigenvalue weighted by Gasteiger charge is -2.40. The van der Waals surface area contributed by atoms with Gasteiger partial charge in [0, 0.05) is 49.8 Å². The molecule has 2 heterocycles. The Bertz CT molecular complexity index is 1060. The van der Waals surface area contributed by atoms with Crippen molar-refractivity contribution >= 4 is 5.78 Å². The maximum atomic E-state index is 14.0. The number of carbonyl (C=O) groups is 1. The number of likely N-dealkylation sites (N-methyl/N-ethyl adjacent to an activating group) is 1. The van der Waals surface area contributed by atoms with Crippen molar-refractivity contribution in [3.05, 3.63) is 52.6 Å². The van der Waals surface area contributed by atoms with Gasteiger partial charge < -0.3 is 19.1 Å². The van der Waals surface area contributed by atoms with Gasteiger partial charge in [0.2, 0.25) is 5.78 Å². The van der Waals surface area contributed by atoms with Gasteiger partial charge in [0.15, 0.2) is 0 Å². The zero-order valence-electron chi connectivity index (χ0n) is 20.9. The molecule has 0 radical (unpaired) electrons. The Morgan fingerprint density at radius 2 is 1.79 bits per heavy atom. The number of methoxy groups -OCH3 is 2. The van der Waals surface area contributed by atoms with E-state index < -0.39 is 0 Å². The highest BCUT2D eigenvalue weighted by Gasteiger charge is 2.47. The highest BCUT2D eigenvalue weighted by atomic mass is 16.5. The van der Waals surface area contributed by atoms with E-state index in [-0.39, 0.29) is 11.4 Å². The summed E-state index contributed by atoms with van der Waals surface area (Å²) in [5.74, 6) is 2.44. The lowest BCUT2D eigenvalue weighted by atomic mass is 9.81. The normalized spacial score (nSPS) is 24.8. The quantitative estimate of drug-likeness (QED) is 0.598. The minimum atomic E-state index is -0.256. The van der Waals surface area contributed by atoms with Crippen LogP contribution in [-0.4, -0.2) is 68.6 Å². The number of carbonyl (C=O) groups excluding carboxylic acids is 1. The van der Waals surface area contributed by atoms with Crippen molar-refractivity contribution in [2.45, 2.75) is 44.8 Å². The lowest BCUT2D eigenvalue weighted by molar-refractivity contribution is 0.0301. The molecule has 0 bridgehead atoms. The summed E-state index contributed by atoms with van der Waals surface area (Å²) in [5, 5.41) is 0. The van der Waals surface area contributed by atoms with Crippen LogP contribution in [0.4, 0.5) is 0 Å². The zero-order chi connectivity index (χ0) is 23.9. The molecular formula is C28H36N2O4. The monoisotopic (exact) mass is 464 g/mol. The first kappa shape index (κ1) is 23.2. The molecule has 0 N–H and O–H groups in total. The molecule has 6 heteroatoms. The molecule has 2 fully saturated rings. The first-order valence-corrected chi connectivity index (χ1v) is 12.4. The smallest absolute Gasteiger partial charge is 0.200 e. The van der Waals surface area contributed by atoms with Gasteiger partial charge in [-0.3, -0.25) is 9.69 Å². The first-order chi connectivity index (χ1) is 16.4. The van der Waals surface area contributed by atoms with E-state index >= 15 is 0 Å². The number of ketones is 1. The van der Waals surface area contributed by atoms with Crippen LogP contribution in [0.3, 0.4) is 0 Å². The first-order valence-electron chi connectivity index (χ1n) is 12.4. The minimum absolute atomic E-state index is 0.0592. The largest absolute Gasteiger partial charge is 0.496 e. The van der Waals surface area contributed by atoms with Gasteiger partial charge in [-0.1, -0.05) is 30.3 Å². The third-order valence-corrected chi connectivity index (χ3v) is 8.07. The Morgan fingerprint density at radius 1 is 1.09 bits per heavy atom. The standard InChI is InChI=1S/C28H36N2O4/c1-28-12-8-11-20(28)17-21-25(32-3)22(18-30-15-13-29(2)14-16-30)26(33-4)23(27(21)34-28)24(31)19-9-6-5-7-10-19/h5-7,9-10,20H,8,11-18H2,1-4H3. The molecule has 2 aromatic carbocycles. The topological polar surface area (TPSA) is 51.2 Å². The summed E-state index contributed by atoms with van der Waals surface area (Å²) < 4.78 is 18.8. The van der Waals surface area contributed by atoms with E-state index in [2.05, 4.69) is 23.8 Å². The fourth-order valence-corrected chi connectivity index (χ4v) is 6.02. The minimum Gasteiger partial charge on any atom is -0.496 e. The molecule has 34 heavy (non-hydrogen) atoms. The molecule has 1 saturated carbocycles. The molecule has 0 spiro atoms. The summed E-state index contributed by atoms with van der Waals surface area (Å²) in [4.78, 5) is 18.7. The van der Waals surface area contributed by atoms with Crippen molar-refractivity contribution in [2.24, 2.45) is 5.92 Å². The van der Waals surface area contributed by atoms with Crippen molar-refractivity contribution in [1.29, 1.82) is 0 Å². The number of hydrogen-bond donors (Lipinski definition) is 0. The van der Waals surface area contributed by atoms with Crippen LogP contribution in [-0.2, 0) is 13.0 Å². The highest BCUT2D eigenvalue weighted by molar-refractivity contribution is 6.13. The van der Waals surface area contributed by atoms with Crippen LogP contribution >= 0.6 is 0 Å². The van der Waals surface area contributed by atoms with Gasteiger partial charge in [-0.15, -0.1) is 0 Å². The summed E-state index contributed by atoms with van der Waals surface area (Å²) in [7, 11) is 5.53. The van der Waals surface area contributed by atoms with Gasteiger partial charge in [-0.2, -0.15) is 0 Å². The molecule has 0 amide bonds.